The molecule has 1 rings (SSSR count). The summed E-state index contributed by atoms with van der Waals surface area (Å²) in [7, 11) is 0. The Hall–Kier alpha value is -1.65. The van der Waals surface area contributed by atoms with Gasteiger partial charge < -0.3 is 10.1 Å². The molecule has 0 saturated carbocycles. The number of rotatable bonds is 2. The molecule has 5 heteroatoms. The largest absolute Gasteiger partial charge is 0.465 e. The monoisotopic (exact) mass is 197 g/mol. The number of hydrogen-bond acceptors (Lipinski definition) is 4. The van der Waals surface area contributed by atoms with Gasteiger partial charge in [-0.05, 0) is 13.8 Å². The van der Waals surface area contributed by atoms with Crippen LogP contribution in [0, 0.1) is 5.92 Å². The molecule has 0 aromatic heterocycles. The maximum atomic E-state index is 11.3. The van der Waals surface area contributed by atoms with Gasteiger partial charge in [0.05, 0.1) is 6.61 Å². The third-order valence-corrected chi connectivity index (χ3v) is 1.75. The zero-order chi connectivity index (χ0) is 10.7. The summed E-state index contributed by atoms with van der Waals surface area (Å²) in [6.07, 6.45) is 1.23. The lowest BCUT2D eigenvalue weighted by Gasteiger charge is -2.17. The first-order valence-corrected chi connectivity index (χ1v) is 4.26. The summed E-state index contributed by atoms with van der Waals surface area (Å²) >= 11 is 0. The fourth-order valence-electron chi connectivity index (χ4n) is 1.18. The van der Waals surface area contributed by atoms with E-state index in [2.05, 4.69) is 10.1 Å². The van der Waals surface area contributed by atoms with Gasteiger partial charge >= 0.3 is 5.97 Å². The number of hydrogen-bond donors (Lipinski definition) is 1. The van der Waals surface area contributed by atoms with Crippen LogP contribution in [0.4, 0.5) is 0 Å². The van der Waals surface area contributed by atoms with Crippen LogP contribution in [0.25, 0.3) is 0 Å². The van der Waals surface area contributed by atoms with Gasteiger partial charge in [-0.15, -0.1) is 0 Å². The minimum atomic E-state index is -1.33. The van der Waals surface area contributed by atoms with Gasteiger partial charge in [0.2, 0.25) is 5.91 Å². The van der Waals surface area contributed by atoms with Crippen molar-refractivity contribution in [2.45, 2.75) is 13.8 Å². The van der Waals surface area contributed by atoms with Crippen LogP contribution in [0.1, 0.15) is 13.8 Å². The average molecular weight is 197 g/mol. The molecule has 1 aliphatic heterocycles. The molecule has 0 aromatic carbocycles. The van der Waals surface area contributed by atoms with Gasteiger partial charge in [-0.25, -0.2) is 0 Å². The topological polar surface area (TPSA) is 72.5 Å². The Labute approximate surface area is 81.1 Å². The lowest BCUT2D eigenvalue weighted by atomic mass is 9.99. The van der Waals surface area contributed by atoms with Gasteiger partial charge in [0.25, 0.3) is 0 Å². The summed E-state index contributed by atoms with van der Waals surface area (Å²) in [6.45, 7) is 3.35. The van der Waals surface area contributed by atoms with Gasteiger partial charge in [0, 0.05) is 11.8 Å². The number of allylic oxidation sites excluding steroid dienone is 2. The van der Waals surface area contributed by atoms with E-state index in [1.165, 1.54) is 6.08 Å². The van der Waals surface area contributed by atoms with Crippen LogP contribution in [-0.4, -0.2) is 24.3 Å². The number of amides is 1. The van der Waals surface area contributed by atoms with E-state index in [0.717, 1.165) is 0 Å². The van der Waals surface area contributed by atoms with E-state index in [1.54, 1.807) is 13.8 Å². The van der Waals surface area contributed by atoms with Gasteiger partial charge in [0.15, 0.2) is 11.7 Å². The van der Waals surface area contributed by atoms with Crippen molar-refractivity contribution in [3.63, 3.8) is 0 Å². The van der Waals surface area contributed by atoms with Gasteiger partial charge in [-0.3, -0.25) is 14.4 Å². The third-order valence-electron chi connectivity index (χ3n) is 1.75. The molecule has 5 nitrogen and oxygen atoms in total. The fourth-order valence-corrected chi connectivity index (χ4v) is 1.18. The molecule has 0 saturated heterocycles. The highest BCUT2D eigenvalue weighted by Crippen LogP contribution is 2.10. The average Bonchev–Trinajstić information content (AvgIpc) is 2.01. The first-order valence-electron chi connectivity index (χ1n) is 4.26. The highest BCUT2D eigenvalue weighted by molar-refractivity contribution is 6.22. The summed E-state index contributed by atoms with van der Waals surface area (Å²) in [5.41, 5.74) is 0.445. The lowest BCUT2D eigenvalue weighted by molar-refractivity contribution is -0.154. The lowest BCUT2D eigenvalue weighted by Crippen LogP contribution is -2.43. The van der Waals surface area contributed by atoms with Crippen molar-refractivity contribution >= 4 is 17.7 Å². The van der Waals surface area contributed by atoms with Crippen molar-refractivity contribution in [1.82, 2.24) is 5.32 Å². The Kier molecular flexibility index (Phi) is 3.01. The van der Waals surface area contributed by atoms with Crippen molar-refractivity contribution in [2.24, 2.45) is 5.92 Å². The molecule has 0 bridgehead atoms. The number of esters is 1. The van der Waals surface area contributed by atoms with E-state index in [9.17, 15) is 14.4 Å². The summed E-state index contributed by atoms with van der Waals surface area (Å²) in [4.78, 5) is 33.7. The molecular weight excluding hydrogens is 186 g/mol. The Balaban J connectivity index is 2.84. The normalized spacial score (nSPS) is 21.3. The molecule has 76 valence electrons. The number of carbonyl (C=O) groups excluding carboxylic acids is 3. The van der Waals surface area contributed by atoms with Crippen LogP contribution in [0.3, 0.4) is 0 Å². The third kappa shape index (κ3) is 1.99. The summed E-state index contributed by atoms with van der Waals surface area (Å²) in [5, 5.41) is 2.40. The van der Waals surface area contributed by atoms with E-state index < -0.39 is 23.6 Å². The summed E-state index contributed by atoms with van der Waals surface area (Å²) in [5.74, 6) is -3.27. The van der Waals surface area contributed by atoms with Gasteiger partial charge in [-0.1, -0.05) is 0 Å². The van der Waals surface area contributed by atoms with E-state index in [0.29, 0.717) is 5.70 Å². The standard InChI is InChI=1S/C9H11NO4/c1-3-14-9(13)7-6(11)4-5(2)10-8(7)12/h4,7H,3H2,1-2H3,(H,10,12). The molecular formula is C9H11NO4. The van der Waals surface area contributed by atoms with Crippen molar-refractivity contribution < 1.29 is 19.1 Å². The Morgan fingerprint density at radius 2 is 2.21 bits per heavy atom. The van der Waals surface area contributed by atoms with Crippen molar-refractivity contribution in [2.75, 3.05) is 6.61 Å². The smallest absolute Gasteiger partial charge is 0.326 e. The Morgan fingerprint density at radius 3 is 2.71 bits per heavy atom. The quantitative estimate of drug-likeness (QED) is 0.490. The van der Waals surface area contributed by atoms with Crippen LogP contribution in [0.15, 0.2) is 11.8 Å². The van der Waals surface area contributed by atoms with Crippen LogP contribution in [-0.2, 0) is 19.1 Å². The molecule has 0 radical (unpaired) electrons. The second-order valence-corrected chi connectivity index (χ2v) is 2.90. The number of ether oxygens (including phenoxy) is 1. The van der Waals surface area contributed by atoms with E-state index in [4.69, 9.17) is 0 Å². The number of ketones is 1. The summed E-state index contributed by atoms with van der Waals surface area (Å²) < 4.78 is 4.61. The highest BCUT2D eigenvalue weighted by Gasteiger charge is 2.36. The molecule has 1 aliphatic rings. The molecule has 1 heterocycles. The first-order chi connectivity index (χ1) is 6.56. The van der Waals surface area contributed by atoms with E-state index in [1.807, 2.05) is 0 Å². The molecule has 0 aromatic rings. The highest BCUT2D eigenvalue weighted by atomic mass is 16.5. The second kappa shape index (κ2) is 4.04. The van der Waals surface area contributed by atoms with E-state index >= 15 is 0 Å². The Bertz CT molecular complexity index is 319. The molecule has 0 spiro atoms. The van der Waals surface area contributed by atoms with Crippen LogP contribution in [0.2, 0.25) is 0 Å². The van der Waals surface area contributed by atoms with Crippen LogP contribution >= 0.6 is 0 Å². The molecule has 1 atom stereocenters. The van der Waals surface area contributed by atoms with Gasteiger partial charge in [-0.2, -0.15) is 0 Å². The predicted molar refractivity (Wildman–Crippen MR) is 47.0 cm³/mol. The zero-order valence-corrected chi connectivity index (χ0v) is 7.99. The SMILES string of the molecule is CCOC(=O)C1C(=O)C=C(C)NC1=O. The first kappa shape index (κ1) is 10.4. The number of nitrogens with one attached hydrogen (secondary N) is 1. The molecule has 0 aliphatic carbocycles. The second-order valence-electron chi connectivity index (χ2n) is 2.90. The Morgan fingerprint density at radius 1 is 1.57 bits per heavy atom. The van der Waals surface area contributed by atoms with Crippen LogP contribution < -0.4 is 5.32 Å². The minimum absolute atomic E-state index is 0.151. The van der Waals surface area contributed by atoms with Crippen molar-refractivity contribution in [3.05, 3.63) is 11.8 Å². The van der Waals surface area contributed by atoms with Gasteiger partial charge in [0.1, 0.15) is 0 Å². The maximum Gasteiger partial charge on any atom is 0.326 e. The van der Waals surface area contributed by atoms with Crippen molar-refractivity contribution in [1.29, 1.82) is 0 Å². The van der Waals surface area contributed by atoms with E-state index in [-0.39, 0.29) is 6.61 Å². The summed E-state index contributed by atoms with van der Waals surface area (Å²) in [6, 6.07) is 0. The van der Waals surface area contributed by atoms with Crippen LogP contribution in [0.5, 0.6) is 0 Å². The van der Waals surface area contributed by atoms with Crippen molar-refractivity contribution in [3.8, 4) is 0 Å². The minimum Gasteiger partial charge on any atom is -0.465 e. The molecule has 14 heavy (non-hydrogen) atoms. The zero-order valence-electron chi connectivity index (χ0n) is 7.99. The molecule has 1 unspecified atom stereocenters. The molecule has 1 amide bonds. The molecule has 1 N–H and O–H groups in total. The molecule has 0 fully saturated rings. The fraction of sp³-hybridized carbons (Fsp3) is 0.444. The number of carbonyl (C=O) groups is 3. The predicted octanol–water partition coefficient (Wildman–Crippen LogP) is -0.232. The maximum absolute atomic E-state index is 11.3.